The Labute approximate surface area is 161 Å². The number of nitrogens with one attached hydrogen (secondary N) is 2. The molecular weight excluding hydrogens is 344 g/mol. The average Bonchev–Trinajstić information content (AvgIpc) is 2.51. The largest absolute Gasteiger partial charge is 0.361 e. The van der Waals surface area contributed by atoms with Crippen LogP contribution in [0.5, 0.6) is 0 Å². The third kappa shape index (κ3) is 4.48. The SMILES string of the molecule is CC1CCCCN1c1ncnc(NC2CC(C)(C)NC(C)(C)C2)c1[N+](=O)[O-]. The van der Waals surface area contributed by atoms with E-state index >= 15 is 0 Å². The van der Waals surface area contributed by atoms with E-state index in [1.54, 1.807) is 0 Å². The van der Waals surface area contributed by atoms with E-state index in [1.807, 2.05) is 0 Å². The number of hydrogen-bond donors (Lipinski definition) is 2. The molecule has 0 amide bonds. The van der Waals surface area contributed by atoms with Crippen LogP contribution in [0.4, 0.5) is 17.3 Å². The Morgan fingerprint density at radius 3 is 2.48 bits per heavy atom. The molecule has 1 aromatic heterocycles. The summed E-state index contributed by atoms with van der Waals surface area (Å²) in [5.41, 5.74) is -0.1000. The van der Waals surface area contributed by atoms with Crippen molar-refractivity contribution in [1.82, 2.24) is 15.3 Å². The standard InChI is InChI=1S/C19H32N6O2/c1-13-8-6-7-9-24(13)17-15(25(26)27)16(20-12-21-17)22-14-10-18(2,3)23-19(4,5)11-14/h12-14,23H,6-11H2,1-5H3,(H,20,21,22). The highest BCUT2D eigenvalue weighted by atomic mass is 16.6. The smallest absolute Gasteiger partial charge is 0.353 e. The zero-order valence-corrected chi connectivity index (χ0v) is 17.1. The van der Waals surface area contributed by atoms with Gasteiger partial charge in [-0.05, 0) is 66.7 Å². The molecule has 0 aromatic carbocycles. The minimum absolute atomic E-state index is 0.000366. The first-order valence-corrected chi connectivity index (χ1v) is 9.90. The van der Waals surface area contributed by atoms with Gasteiger partial charge in [-0.1, -0.05) is 0 Å². The molecule has 8 nitrogen and oxygen atoms in total. The maximum atomic E-state index is 11.9. The molecule has 2 saturated heterocycles. The van der Waals surface area contributed by atoms with E-state index in [2.05, 4.69) is 60.1 Å². The monoisotopic (exact) mass is 376 g/mol. The molecule has 3 heterocycles. The van der Waals surface area contributed by atoms with E-state index in [4.69, 9.17) is 0 Å². The Morgan fingerprint density at radius 1 is 1.22 bits per heavy atom. The summed E-state index contributed by atoms with van der Waals surface area (Å²) < 4.78 is 0. The maximum absolute atomic E-state index is 11.9. The van der Waals surface area contributed by atoms with Crippen molar-refractivity contribution in [2.24, 2.45) is 0 Å². The molecule has 0 radical (unpaired) electrons. The second-order valence-electron chi connectivity index (χ2n) is 9.33. The van der Waals surface area contributed by atoms with Crippen molar-refractivity contribution in [3.8, 4) is 0 Å². The summed E-state index contributed by atoms with van der Waals surface area (Å²) in [7, 11) is 0. The van der Waals surface area contributed by atoms with Crippen LogP contribution in [-0.2, 0) is 0 Å². The van der Waals surface area contributed by atoms with Gasteiger partial charge in [0.1, 0.15) is 6.33 Å². The van der Waals surface area contributed by atoms with E-state index < -0.39 is 0 Å². The molecule has 2 aliphatic heterocycles. The fraction of sp³-hybridized carbons (Fsp3) is 0.789. The quantitative estimate of drug-likeness (QED) is 0.613. The predicted molar refractivity (Wildman–Crippen MR) is 107 cm³/mol. The topological polar surface area (TPSA) is 96.2 Å². The normalized spacial score (nSPS) is 25.2. The van der Waals surface area contributed by atoms with Crippen molar-refractivity contribution in [2.45, 2.75) is 89.9 Å². The van der Waals surface area contributed by atoms with Gasteiger partial charge >= 0.3 is 5.69 Å². The van der Waals surface area contributed by atoms with Crippen LogP contribution in [-0.4, -0.2) is 44.6 Å². The molecular formula is C19H32N6O2. The fourth-order valence-electron chi connectivity index (χ4n) is 4.88. The number of nitrogens with zero attached hydrogens (tertiary/aromatic N) is 4. The molecule has 1 unspecified atom stereocenters. The first-order valence-electron chi connectivity index (χ1n) is 9.90. The van der Waals surface area contributed by atoms with Gasteiger partial charge in [0.15, 0.2) is 0 Å². The van der Waals surface area contributed by atoms with Gasteiger partial charge in [0, 0.05) is 29.7 Å². The highest BCUT2D eigenvalue weighted by Crippen LogP contribution is 2.37. The van der Waals surface area contributed by atoms with Crippen molar-refractivity contribution in [2.75, 3.05) is 16.8 Å². The second kappa shape index (κ2) is 7.22. The Balaban J connectivity index is 1.91. The molecule has 2 aliphatic rings. The molecule has 0 bridgehead atoms. The molecule has 150 valence electrons. The van der Waals surface area contributed by atoms with Gasteiger partial charge < -0.3 is 15.5 Å². The van der Waals surface area contributed by atoms with E-state index in [9.17, 15) is 10.1 Å². The molecule has 8 heteroatoms. The van der Waals surface area contributed by atoms with Crippen molar-refractivity contribution in [3.05, 3.63) is 16.4 Å². The molecule has 0 saturated carbocycles. The Bertz CT molecular complexity index is 689. The number of hydrogen-bond acceptors (Lipinski definition) is 7. The minimum Gasteiger partial charge on any atom is -0.361 e. The van der Waals surface area contributed by atoms with Crippen LogP contribution in [0.3, 0.4) is 0 Å². The molecule has 2 N–H and O–H groups in total. The van der Waals surface area contributed by atoms with Crippen molar-refractivity contribution in [3.63, 3.8) is 0 Å². The lowest BCUT2D eigenvalue weighted by Crippen LogP contribution is -2.60. The van der Waals surface area contributed by atoms with Crippen LogP contribution < -0.4 is 15.5 Å². The van der Waals surface area contributed by atoms with Crippen molar-refractivity contribution >= 4 is 17.3 Å². The van der Waals surface area contributed by atoms with Gasteiger partial charge in [0.25, 0.3) is 0 Å². The van der Waals surface area contributed by atoms with Gasteiger partial charge in [-0.25, -0.2) is 9.97 Å². The van der Waals surface area contributed by atoms with E-state index in [0.717, 1.165) is 38.6 Å². The lowest BCUT2D eigenvalue weighted by Gasteiger charge is -2.46. The van der Waals surface area contributed by atoms with E-state index in [-0.39, 0.29) is 33.8 Å². The number of nitro groups is 1. The van der Waals surface area contributed by atoms with Crippen LogP contribution in [0.2, 0.25) is 0 Å². The zero-order chi connectivity index (χ0) is 19.8. The molecule has 27 heavy (non-hydrogen) atoms. The van der Waals surface area contributed by atoms with Crippen LogP contribution in [0.25, 0.3) is 0 Å². The highest BCUT2D eigenvalue weighted by Gasteiger charge is 2.39. The third-order valence-electron chi connectivity index (χ3n) is 5.59. The zero-order valence-electron chi connectivity index (χ0n) is 17.1. The molecule has 0 spiro atoms. The number of aromatic nitrogens is 2. The Morgan fingerprint density at radius 2 is 1.89 bits per heavy atom. The third-order valence-corrected chi connectivity index (χ3v) is 5.59. The minimum atomic E-state index is -0.337. The van der Waals surface area contributed by atoms with E-state index in [1.165, 1.54) is 6.33 Å². The summed E-state index contributed by atoms with van der Waals surface area (Å²) >= 11 is 0. The summed E-state index contributed by atoms with van der Waals surface area (Å²) in [6.07, 6.45) is 6.40. The lowest BCUT2D eigenvalue weighted by molar-refractivity contribution is -0.383. The van der Waals surface area contributed by atoms with Crippen molar-refractivity contribution in [1.29, 1.82) is 0 Å². The first-order chi connectivity index (χ1) is 12.6. The molecule has 1 aromatic rings. The molecule has 1 atom stereocenters. The second-order valence-corrected chi connectivity index (χ2v) is 9.33. The number of anilines is 2. The molecule has 2 fully saturated rings. The molecule has 3 rings (SSSR count). The summed E-state index contributed by atoms with van der Waals surface area (Å²) in [5, 5.41) is 19.0. The van der Waals surface area contributed by atoms with Gasteiger partial charge in [-0.15, -0.1) is 0 Å². The fourth-order valence-corrected chi connectivity index (χ4v) is 4.88. The predicted octanol–water partition coefficient (Wildman–Crippen LogP) is 3.48. The molecule has 0 aliphatic carbocycles. The van der Waals surface area contributed by atoms with Gasteiger partial charge in [-0.2, -0.15) is 0 Å². The van der Waals surface area contributed by atoms with Gasteiger partial charge in [-0.3, -0.25) is 10.1 Å². The van der Waals surface area contributed by atoms with Crippen LogP contribution in [0.15, 0.2) is 6.33 Å². The van der Waals surface area contributed by atoms with Gasteiger partial charge in [0.2, 0.25) is 11.6 Å². The Kier molecular flexibility index (Phi) is 5.29. The summed E-state index contributed by atoms with van der Waals surface area (Å²) in [6.45, 7) is 11.6. The van der Waals surface area contributed by atoms with Crippen LogP contribution in [0, 0.1) is 10.1 Å². The first kappa shape index (κ1) is 19.8. The van der Waals surface area contributed by atoms with Crippen LogP contribution >= 0.6 is 0 Å². The van der Waals surface area contributed by atoms with E-state index in [0.29, 0.717) is 11.6 Å². The summed E-state index contributed by atoms with van der Waals surface area (Å²) in [5.74, 6) is 0.776. The summed E-state index contributed by atoms with van der Waals surface area (Å²) in [6, 6.07) is 0.355. The number of piperidine rings is 2. The lowest BCUT2D eigenvalue weighted by atomic mass is 9.79. The van der Waals surface area contributed by atoms with Crippen molar-refractivity contribution < 1.29 is 4.92 Å². The van der Waals surface area contributed by atoms with Gasteiger partial charge in [0.05, 0.1) is 4.92 Å². The Hall–Kier alpha value is -1.96. The maximum Gasteiger partial charge on any atom is 0.353 e. The number of rotatable bonds is 4. The average molecular weight is 377 g/mol. The van der Waals surface area contributed by atoms with Crippen LogP contribution in [0.1, 0.15) is 66.7 Å². The highest BCUT2D eigenvalue weighted by molar-refractivity contribution is 5.71. The summed E-state index contributed by atoms with van der Waals surface area (Å²) in [4.78, 5) is 22.2.